The number of ether oxygens (including phenoxy) is 1. The molecule has 0 saturated carbocycles. The first kappa shape index (κ1) is 26.7. The maximum Gasteiger partial charge on any atom is 0.255 e. The molecule has 194 valence electrons. The first-order valence-corrected chi connectivity index (χ1v) is 12.1. The van der Waals surface area contributed by atoms with Crippen molar-refractivity contribution in [2.45, 2.75) is 52.2 Å². The Balaban J connectivity index is 1.79. The average Bonchev–Trinajstić information content (AvgIpc) is 3.24. The van der Waals surface area contributed by atoms with Crippen molar-refractivity contribution in [3.63, 3.8) is 0 Å². The van der Waals surface area contributed by atoms with Crippen LogP contribution in [0.2, 0.25) is 0 Å². The van der Waals surface area contributed by atoms with Crippen LogP contribution in [0.15, 0.2) is 36.7 Å². The quantitative estimate of drug-likeness (QED) is 0.458. The fourth-order valence-corrected chi connectivity index (χ4v) is 3.89. The van der Waals surface area contributed by atoms with Crippen molar-refractivity contribution in [3.8, 4) is 5.75 Å². The number of aryl methyl sites for hydroxylation is 1. The summed E-state index contributed by atoms with van der Waals surface area (Å²) in [5.74, 6) is -0.612. The Morgan fingerprint density at radius 2 is 2.00 bits per heavy atom. The lowest BCUT2D eigenvalue weighted by molar-refractivity contribution is -0.131. The number of nitrogens with zero attached hydrogens (tertiary/aromatic N) is 2. The molecule has 11 heteroatoms. The predicted octanol–water partition coefficient (Wildman–Crippen LogP) is 0.536. The van der Waals surface area contributed by atoms with Gasteiger partial charge in [-0.15, -0.1) is 0 Å². The molecule has 0 saturated heterocycles. The number of aromatic nitrogens is 2. The van der Waals surface area contributed by atoms with E-state index >= 15 is 0 Å². The largest absolute Gasteiger partial charge is 0.491 e. The van der Waals surface area contributed by atoms with E-state index in [9.17, 15) is 19.2 Å². The number of benzene rings is 1. The lowest BCUT2D eigenvalue weighted by Crippen LogP contribution is -2.53. The van der Waals surface area contributed by atoms with Gasteiger partial charge in [-0.1, -0.05) is 26.0 Å². The number of fused-ring (bicyclic) bond motifs is 1. The van der Waals surface area contributed by atoms with Crippen molar-refractivity contribution in [2.24, 2.45) is 5.92 Å². The molecule has 0 unspecified atom stereocenters. The van der Waals surface area contributed by atoms with Gasteiger partial charge in [-0.25, -0.2) is 4.98 Å². The van der Waals surface area contributed by atoms with Crippen LogP contribution in [0.3, 0.4) is 0 Å². The minimum Gasteiger partial charge on any atom is -0.491 e. The second-order valence-electron chi connectivity index (χ2n) is 9.07. The maximum atomic E-state index is 13.1. The van der Waals surface area contributed by atoms with E-state index in [0.29, 0.717) is 18.7 Å². The van der Waals surface area contributed by atoms with Gasteiger partial charge in [0.15, 0.2) is 0 Å². The van der Waals surface area contributed by atoms with E-state index < -0.39 is 29.8 Å². The van der Waals surface area contributed by atoms with Crippen LogP contribution < -0.4 is 26.0 Å². The molecule has 1 aromatic carbocycles. The van der Waals surface area contributed by atoms with Crippen LogP contribution in [-0.4, -0.2) is 65.0 Å². The van der Waals surface area contributed by atoms with Gasteiger partial charge in [-0.3, -0.25) is 19.2 Å². The van der Waals surface area contributed by atoms with Gasteiger partial charge in [0.25, 0.3) is 5.91 Å². The van der Waals surface area contributed by atoms with Crippen LogP contribution in [0.5, 0.6) is 5.75 Å². The second-order valence-corrected chi connectivity index (χ2v) is 9.07. The fraction of sp³-hybridized carbons (Fsp3) is 0.480. The van der Waals surface area contributed by atoms with Crippen LogP contribution in [-0.2, 0) is 20.9 Å². The van der Waals surface area contributed by atoms with E-state index in [-0.39, 0.29) is 43.5 Å². The lowest BCUT2D eigenvalue weighted by atomic mass is 10.0. The highest BCUT2D eigenvalue weighted by molar-refractivity contribution is 6.01. The zero-order chi connectivity index (χ0) is 26.1. The standard InChI is InChI=1S/C25H34N6O5/c1-16(2)14-19-24(34)28-10-13-36-21-7-5-4-6-18(21)23(33)30-20(15-22(32)29-19)25(35)27-9-12-31-11-8-26-17(31)3/h4-8,11,16,19-20H,9-10,12-15H2,1-3H3,(H,27,35)(H,28,34)(H,29,32)(H,30,33)/t19-,20-/m0/s1. The minimum absolute atomic E-state index is 0.135. The molecule has 4 N–H and O–H groups in total. The number of carbonyl (C=O) groups is 4. The molecule has 3 rings (SSSR count). The van der Waals surface area contributed by atoms with E-state index in [0.717, 1.165) is 5.82 Å². The Kier molecular flexibility index (Phi) is 9.43. The molecule has 0 radical (unpaired) electrons. The first-order chi connectivity index (χ1) is 17.2. The molecule has 0 aliphatic carbocycles. The van der Waals surface area contributed by atoms with Crippen molar-refractivity contribution >= 4 is 23.6 Å². The molecule has 11 nitrogen and oxygen atoms in total. The number of para-hydroxylation sites is 1. The molecule has 1 aromatic heterocycles. The molecule has 2 heterocycles. The Bertz CT molecular complexity index is 1080. The number of amides is 4. The summed E-state index contributed by atoms with van der Waals surface area (Å²) in [7, 11) is 0. The Hall–Kier alpha value is -3.89. The molecule has 0 fully saturated rings. The van der Waals surface area contributed by atoms with Gasteiger partial charge in [0, 0.05) is 25.5 Å². The monoisotopic (exact) mass is 498 g/mol. The third-order valence-corrected chi connectivity index (χ3v) is 5.74. The second kappa shape index (κ2) is 12.7. The van der Waals surface area contributed by atoms with Gasteiger partial charge < -0.3 is 30.6 Å². The van der Waals surface area contributed by atoms with Crippen molar-refractivity contribution in [2.75, 3.05) is 19.7 Å². The third-order valence-electron chi connectivity index (χ3n) is 5.74. The van der Waals surface area contributed by atoms with Gasteiger partial charge in [-0.05, 0) is 31.4 Å². The van der Waals surface area contributed by atoms with Gasteiger partial charge in [0.05, 0.1) is 18.5 Å². The van der Waals surface area contributed by atoms with Gasteiger partial charge in [0.2, 0.25) is 17.7 Å². The van der Waals surface area contributed by atoms with Crippen molar-refractivity contribution in [1.82, 2.24) is 30.8 Å². The highest BCUT2D eigenvalue weighted by Crippen LogP contribution is 2.18. The van der Waals surface area contributed by atoms with Crippen LogP contribution in [0.4, 0.5) is 0 Å². The highest BCUT2D eigenvalue weighted by atomic mass is 16.5. The minimum atomic E-state index is -1.15. The lowest BCUT2D eigenvalue weighted by Gasteiger charge is -2.24. The van der Waals surface area contributed by atoms with E-state index in [1.807, 2.05) is 25.3 Å². The summed E-state index contributed by atoms with van der Waals surface area (Å²) in [5, 5.41) is 10.9. The summed E-state index contributed by atoms with van der Waals surface area (Å²) >= 11 is 0. The molecule has 1 aliphatic rings. The molecule has 2 atom stereocenters. The van der Waals surface area contributed by atoms with Crippen molar-refractivity contribution in [1.29, 1.82) is 0 Å². The van der Waals surface area contributed by atoms with Crippen LogP contribution in [0, 0.1) is 12.8 Å². The average molecular weight is 499 g/mol. The van der Waals surface area contributed by atoms with Crippen molar-refractivity contribution < 1.29 is 23.9 Å². The smallest absolute Gasteiger partial charge is 0.255 e. The van der Waals surface area contributed by atoms with Gasteiger partial charge in [-0.2, -0.15) is 0 Å². The predicted molar refractivity (Wildman–Crippen MR) is 132 cm³/mol. The summed E-state index contributed by atoms with van der Waals surface area (Å²) in [4.78, 5) is 55.9. The number of imidazole rings is 1. The molecule has 0 bridgehead atoms. The number of nitrogens with one attached hydrogen (secondary N) is 4. The summed E-state index contributed by atoms with van der Waals surface area (Å²) < 4.78 is 7.61. The van der Waals surface area contributed by atoms with E-state index in [1.54, 1.807) is 36.7 Å². The van der Waals surface area contributed by atoms with E-state index in [4.69, 9.17) is 4.74 Å². The molecule has 4 amide bonds. The zero-order valence-electron chi connectivity index (χ0n) is 20.9. The fourth-order valence-electron chi connectivity index (χ4n) is 3.89. The molecule has 1 aliphatic heterocycles. The van der Waals surface area contributed by atoms with Crippen molar-refractivity contribution in [3.05, 3.63) is 48.0 Å². The van der Waals surface area contributed by atoms with E-state index in [2.05, 4.69) is 26.3 Å². The summed E-state index contributed by atoms with van der Waals surface area (Å²) in [6, 6.07) is 4.70. The zero-order valence-corrected chi connectivity index (χ0v) is 20.9. The number of hydrogen-bond donors (Lipinski definition) is 4. The third kappa shape index (κ3) is 7.56. The molecule has 36 heavy (non-hydrogen) atoms. The molecule has 0 spiro atoms. The van der Waals surface area contributed by atoms with Gasteiger partial charge in [0.1, 0.15) is 30.3 Å². The van der Waals surface area contributed by atoms with E-state index in [1.165, 1.54) is 0 Å². The first-order valence-electron chi connectivity index (χ1n) is 12.1. The van der Waals surface area contributed by atoms with Crippen LogP contribution in [0.1, 0.15) is 42.9 Å². The Morgan fingerprint density at radius 1 is 1.22 bits per heavy atom. The highest BCUT2D eigenvalue weighted by Gasteiger charge is 2.28. The molecular formula is C25H34N6O5. The number of rotatable bonds is 6. The molecular weight excluding hydrogens is 464 g/mol. The normalized spacial score (nSPS) is 19.3. The Morgan fingerprint density at radius 3 is 2.72 bits per heavy atom. The summed E-state index contributed by atoms with van der Waals surface area (Å²) in [6.45, 7) is 6.86. The number of hydrogen-bond acceptors (Lipinski definition) is 6. The molecule has 2 aromatic rings. The summed E-state index contributed by atoms with van der Waals surface area (Å²) in [6.07, 6.45) is 3.57. The Labute approximate surface area is 210 Å². The summed E-state index contributed by atoms with van der Waals surface area (Å²) in [5.41, 5.74) is 0.228. The maximum absolute atomic E-state index is 13.1. The van der Waals surface area contributed by atoms with Crippen LogP contribution in [0.25, 0.3) is 0 Å². The number of carbonyl (C=O) groups excluding carboxylic acids is 4. The topological polar surface area (TPSA) is 143 Å². The SMILES string of the molecule is Cc1nccn1CCNC(=O)[C@@H]1CC(=O)N[C@@H](CC(C)C)C(=O)NCCOc2ccccc2C(=O)N1. The van der Waals surface area contributed by atoms with Crippen LogP contribution >= 0.6 is 0 Å². The van der Waals surface area contributed by atoms with Gasteiger partial charge >= 0.3 is 0 Å².